The molecule has 1 aromatic heterocycles. The van der Waals surface area contributed by atoms with Crippen LogP contribution in [0.2, 0.25) is 0 Å². The maximum atomic E-state index is 11.9. The number of hydrogen-bond acceptors (Lipinski definition) is 4. The van der Waals surface area contributed by atoms with Gasteiger partial charge in [0.1, 0.15) is 11.4 Å². The molecule has 0 fully saturated rings. The maximum Gasteiger partial charge on any atom is 0.407 e. The van der Waals surface area contributed by atoms with Crippen molar-refractivity contribution in [1.29, 1.82) is 0 Å². The summed E-state index contributed by atoms with van der Waals surface area (Å²) in [6, 6.07) is 10.1. The lowest BCUT2D eigenvalue weighted by Gasteiger charge is -2.28. The number of benzene rings is 1. The van der Waals surface area contributed by atoms with Crippen molar-refractivity contribution in [3.05, 3.63) is 48.3 Å². The number of aromatic nitrogens is 1. The molecule has 132 valence electrons. The lowest BCUT2D eigenvalue weighted by molar-refractivity contribution is 0.0521. The number of nitrogens with one attached hydrogen (secondary N) is 1. The fraction of sp³-hybridized carbons (Fsp3) is 0.400. The van der Waals surface area contributed by atoms with Gasteiger partial charge >= 0.3 is 6.09 Å². The van der Waals surface area contributed by atoms with E-state index in [0.717, 1.165) is 28.9 Å². The van der Waals surface area contributed by atoms with Crippen LogP contribution in [0.1, 0.15) is 38.7 Å². The molecule has 2 heterocycles. The third-order valence-electron chi connectivity index (χ3n) is 4.08. The topological polar surface area (TPSA) is 60.5 Å². The molecule has 0 saturated carbocycles. The van der Waals surface area contributed by atoms with Crippen molar-refractivity contribution in [2.75, 3.05) is 13.2 Å². The minimum Gasteiger partial charge on any atom is -0.493 e. The Morgan fingerprint density at radius 2 is 2.04 bits per heavy atom. The van der Waals surface area contributed by atoms with Crippen LogP contribution in [0, 0.1) is 0 Å². The first kappa shape index (κ1) is 17.3. The molecule has 0 saturated heterocycles. The van der Waals surface area contributed by atoms with Crippen molar-refractivity contribution in [2.45, 2.75) is 38.7 Å². The largest absolute Gasteiger partial charge is 0.493 e. The molecule has 0 spiro atoms. The summed E-state index contributed by atoms with van der Waals surface area (Å²) in [5.74, 6) is 1.11. The predicted octanol–water partition coefficient (Wildman–Crippen LogP) is 4.14. The van der Waals surface area contributed by atoms with Gasteiger partial charge in [0, 0.05) is 30.4 Å². The van der Waals surface area contributed by atoms with Crippen molar-refractivity contribution in [1.82, 2.24) is 10.3 Å². The molecule has 1 atom stereocenters. The normalized spacial score (nSPS) is 16.5. The molecular weight excluding hydrogens is 316 g/mol. The first-order valence-electron chi connectivity index (χ1n) is 8.57. The van der Waals surface area contributed by atoms with Crippen LogP contribution >= 0.6 is 0 Å². The molecule has 3 rings (SSSR count). The van der Waals surface area contributed by atoms with Crippen LogP contribution in [0.25, 0.3) is 11.1 Å². The summed E-state index contributed by atoms with van der Waals surface area (Å²) < 4.78 is 11.3. The number of carbonyl (C=O) groups excluding carboxylic acids is 1. The highest BCUT2D eigenvalue weighted by Gasteiger charge is 2.25. The molecule has 0 bridgehead atoms. The number of hydrogen-bond donors (Lipinski definition) is 1. The van der Waals surface area contributed by atoms with E-state index in [2.05, 4.69) is 22.4 Å². The molecule has 1 aliphatic heterocycles. The quantitative estimate of drug-likeness (QED) is 0.912. The van der Waals surface area contributed by atoms with E-state index < -0.39 is 5.60 Å². The Bertz CT molecular complexity index is 738. The Morgan fingerprint density at radius 1 is 1.28 bits per heavy atom. The van der Waals surface area contributed by atoms with E-state index in [1.165, 1.54) is 0 Å². The van der Waals surface area contributed by atoms with Crippen LogP contribution < -0.4 is 10.1 Å². The van der Waals surface area contributed by atoms with E-state index in [1.54, 1.807) is 12.4 Å². The number of rotatable bonds is 3. The number of carbonyl (C=O) groups is 1. The van der Waals surface area contributed by atoms with Crippen molar-refractivity contribution in [3.8, 4) is 16.9 Å². The fourth-order valence-electron chi connectivity index (χ4n) is 2.99. The van der Waals surface area contributed by atoms with Gasteiger partial charge in [0.25, 0.3) is 0 Å². The Morgan fingerprint density at radius 3 is 2.76 bits per heavy atom. The van der Waals surface area contributed by atoms with Crippen LogP contribution in [0.5, 0.6) is 5.75 Å². The molecule has 1 aromatic carbocycles. The van der Waals surface area contributed by atoms with Gasteiger partial charge < -0.3 is 14.8 Å². The summed E-state index contributed by atoms with van der Waals surface area (Å²) in [5, 5.41) is 2.88. The summed E-state index contributed by atoms with van der Waals surface area (Å²) in [6.07, 6.45) is 4.03. The van der Waals surface area contributed by atoms with Gasteiger partial charge in [-0.1, -0.05) is 18.2 Å². The van der Waals surface area contributed by atoms with Crippen LogP contribution in [0.3, 0.4) is 0 Å². The second kappa shape index (κ2) is 7.13. The smallest absolute Gasteiger partial charge is 0.407 e. The molecule has 0 unspecified atom stereocenters. The van der Waals surface area contributed by atoms with E-state index in [0.29, 0.717) is 13.2 Å². The van der Waals surface area contributed by atoms with Crippen LogP contribution in [0.15, 0.2) is 42.7 Å². The molecule has 25 heavy (non-hydrogen) atoms. The SMILES string of the molecule is CC(C)(C)OC(=O)NC[C@@H]1CCOc2c(-c3ccncc3)cccc21. The van der Waals surface area contributed by atoms with Gasteiger partial charge in [-0.05, 0) is 50.5 Å². The summed E-state index contributed by atoms with van der Waals surface area (Å²) >= 11 is 0. The zero-order valence-electron chi connectivity index (χ0n) is 14.9. The standard InChI is InChI=1S/C20H24N2O3/c1-20(2,3)25-19(23)22-13-15-9-12-24-18-16(5-4-6-17(15)18)14-7-10-21-11-8-14/h4-8,10-11,15H,9,12-13H2,1-3H3,(H,22,23)/t15-/m0/s1. The highest BCUT2D eigenvalue weighted by Crippen LogP contribution is 2.40. The van der Waals surface area contributed by atoms with Gasteiger partial charge in [-0.3, -0.25) is 4.98 Å². The summed E-state index contributed by atoms with van der Waals surface area (Å²) in [4.78, 5) is 16.0. The molecule has 1 aliphatic rings. The molecule has 1 N–H and O–H groups in total. The molecule has 5 heteroatoms. The van der Waals surface area contributed by atoms with Gasteiger partial charge in [-0.2, -0.15) is 0 Å². The lowest BCUT2D eigenvalue weighted by Crippen LogP contribution is -2.35. The highest BCUT2D eigenvalue weighted by molar-refractivity contribution is 5.73. The van der Waals surface area contributed by atoms with Crippen LogP contribution in [0.4, 0.5) is 4.79 Å². The third kappa shape index (κ3) is 4.29. The number of amides is 1. The van der Waals surface area contributed by atoms with E-state index in [9.17, 15) is 4.79 Å². The Kier molecular flexibility index (Phi) is 4.93. The number of ether oxygens (including phenoxy) is 2. The van der Waals surface area contributed by atoms with Gasteiger partial charge in [0.15, 0.2) is 0 Å². The minimum absolute atomic E-state index is 0.207. The minimum atomic E-state index is -0.494. The van der Waals surface area contributed by atoms with Crippen molar-refractivity contribution >= 4 is 6.09 Å². The van der Waals surface area contributed by atoms with Crippen LogP contribution in [-0.2, 0) is 4.74 Å². The molecule has 0 radical (unpaired) electrons. The molecule has 1 amide bonds. The molecule has 2 aromatic rings. The van der Waals surface area contributed by atoms with Gasteiger partial charge in [-0.25, -0.2) is 4.79 Å². The first-order valence-corrected chi connectivity index (χ1v) is 8.57. The van der Waals surface area contributed by atoms with Crippen LogP contribution in [-0.4, -0.2) is 29.8 Å². The van der Waals surface area contributed by atoms with Gasteiger partial charge in [0.2, 0.25) is 0 Å². The zero-order chi connectivity index (χ0) is 17.9. The third-order valence-corrected chi connectivity index (χ3v) is 4.08. The Hall–Kier alpha value is -2.56. The second-order valence-corrected chi connectivity index (χ2v) is 7.18. The fourth-order valence-corrected chi connectivity index (χ4v) is 2.99. The number of pyridine rings is 1. The number of para-hydroxylation sites is 1. The average Bonchev–Trinajstić information content (AvgIpc) is 2.58. The van der Waals surface area contributed by atoms with Crippen molar-refractivity contribution < 1.29 is 14.3 Å². The monoisotopic (exact) mass is 340 g/mol. The highest BCUT2D eigenvalue weighted by atomic mass is 16.6. The zero-order valence-corrected chi connectivity index (χ0v) is 14.9. The predicted molar refractivity (Wildman–Crippen MR) is 96.8 cm³/mol. The molecular formula is C20H24N2O3. The van der Waals surface area contributed by atoms with E-state index in [1.807, 2.05) is 39.0 Å². The van der Waals surface area contributed by atoms with E-state index in [-0.39, 0.29) is 12.0 Å². The van der Waals surface area contributed by atoms with Crippen molar-refractivity contribution in [2.24, 2.45) is 0 Å². The molecule has 0 aliphatic carbocycles. The Labute approximate surface area is 148 Å². The number of nitrogens with zero attached hydrogens (tertiary/aromatic N) is 1. The van der Waals surface area contributed by atoms with Gasteiger partial charge in [0.05, 0.1) is 6.61 Å². The number of alkyl carbamates (subject to hydrolysis) is 1. The number of fused-ring (bicyclic) bond motifs is 1. The average molecular weight is 340 g/mol. The summed E-state index contributed by atoms with van der Waals surface area (Å²) in [7, 11) is 0. The van der Waals surface area contributed by atoms with Gasteiger partial charge in [-0.15, -0.1) is 0 Å². The Balaban J connectivity index is 1.78. The maximum absolute atomic E-state index is 11.9. The summed E-state index contributed by atoms with van der Waals surface area (Å²) in [5.41, 5.74) is 2.76. The lowest BCUT2D eigenvalue weighted by atomic mass is 9.90. The summed E-state index contributed by atoms with van der Waals surface area (Å²) in [6.45, 7) is 6.74. The van der Waals surface area contributed by atoms with E-state index >= 15 is 0 Å². The molecule has 5 nitrogen and oxygen atoms in total. The first-order chi connectivity index (χ1) is 11.9. The van der Waals surface area contributed by atoms with E-state index in [4.69, 9.17) is 9.47 Å². The second-order valence-electron chi connectivity index (χ2n) is 7.18. The van der Waals surface area contributed by atoms with Crippen molar-refractivity contribution in [3.63, 3.8) is 0 Å².